The Morgan fingerprint density at radius 2 is 2.50 bits per heavy atom. The Hall–Kier alpha value is -0.0962. The summed E-state index contributed by atoms with van der Waals surface area (Å²) in [5.41, 5.74) is 0. The van der Waals surface area contributed by atoms with Gasteiger partial charge in [0.25, 0.3) is 5.97 Å². The lowest BCUT2D eigenvalue weighted by molar-refractivity contribution is -0.134. The van der Waals surface area contributed by atoms with E-state index < -0.39 is 5.97 Å². The van der Waals surface area contributed by atoms with Crippen LogP contribution in [0.2, 0.25) is 6.04 Å². The van der Waals surface area contributed by atoms with Crippen molar-refractivity contribution < 1.29 is 9.90 Å². The zero-order chi connectivity index (χ0) is 4.99. The van der Waals surface area contributed by atoms with E-state index in [2.05, 4.69) is 0 Å². The quantitative estimate of drug-likeness (QED) is 0.425. The molecule has 4 heteroatoms. The largest absolute Gasteiger partial charge is 0.481 e. The van der Waals surface area contributed by atoms with E-state index in [1.807, 2.05) is 0 Å². The molecule has 0 saturated heterocycles. The monoisotopic (exact) mass is 120 g/mol. The molecule has 0 rings (SSSR count). The molecule has 0 unspecified atom stereocenters. The Bertz CT molecular complexity index is 53.5. The van der Waals surface area contributed by atoms with Gasteiger partial charge >= 0.3 is 0 Å². The van der Waals surface area contributed by atoms with Crippen LogP contribution in [0.1, 0.15) is 0 Å². The van der Waals surface area contributed by atoms with Gasteiger partial charge in [-0.05, 0) is 9.76 Å². The van der Waals surface area contributed by atoms with Crippen LogP contribution < -0.4 is 0 Å². The molecule has 6 heavy (non-hydrogen) atoms. The Kier molecular flexibility index (Phi) is 3.06. The van der Waals surface area contributed by atoms with Crippen LogP contribution in [0, 0.1) is 0 Å². The lowest BCUT2D eigenvalue weighted by atomic mass is 10.8. The summed E-state index contributed by atoms with van der Waals surface area (Å²) in [5, 5.41) is 7.97. The molecule has 0 amide bonds. The van der Waals surface area contributed by atoms with Crippen molar-refractivity contribution in [3.63, 3.8) is 0 Å². The van der Waals surface area contributed by atoms with Crippen LogP contribution in [0.5, 0.6) is 0 Å². The van der Waals surface area contributed by atoms with E-state index in [9.17, 15) is 4.79 Å². The highest BCUT2D eigenvalue weighted by atomic mass is 29.1. The summed E-state index contributed by atoms with van der Waals surface area (Å²) < 4.78 is 0. The lowest BCUT2D eigenvalue weighted by Gasteiger charge is -1.78. The first kappa shape index (κ1) is 5.90. The molecular weight excluding hydrogens is 112 g/mol. The summed E-state index contributed by atoms with van der Waals surface area (Å²) >= 11 is 0. The molecule has 0 saturated carbocycles. The molecule has 1 N–H and O–H groups in total. The number of carbonyl (C=O) groups is 1. The minimum absolute atomic E-state index is 0.0941. The molecule has 0 aromatic rings. The maximum atomic E-state index is 9.66. The Labute approximate surface area is 41.6 Å². The zero-order valence-corrected chi connectivity index (χ0v) is 7.18. The minimum Gasteiger partial charge on any atom is -0.481 e. The predicted octanol–water partition coefficient (Wildman–Crippen LogP) is -2.06. The molecule has 0 aliphatic heterocycles. The van der Waals surface area contributed by atoms with Gasteiger partial charge in [0.2, 0.25) is 0 Å². The van der Waals surface area contributed by atoms with Crippen molar-refractivity contribution in [3.05, 3.63) is 0 Å². The Morgan fingerprint density at radius 3 is 2.50 bits per heavy atom. The smallest absolute Gasteiger partial charge is 0.299 e. The van der Waals surface area contributed by atoms with E-state index in [0.29, 0.717) is 6.04 Å². The zero-order valence-electron chi connectivity index (χ0n) is 3.77. The second kappa shape index (κ2) is 3.11. The van der Waals surface area contributed by atoms with Crippen molar-refractivity contribution in [2.24, 2.45) is 0 Å². The normalized spacial score (nSPS) is 10.7. The second-order valence-corrected chi connectivity index (χ2v) is 5.64. The molecule has 0 heterocycles. The summed E-state index contributed by atoms with van der Waals surface area (Å²) in [6, 6.07) is 0.492. The van der Waals surface area contributed by atoms with Crippen LogP contribution in [-0.2, 0) is 4.79 Å². The van der Waals surface area contributed by atoms with Gasteiger partial charge in [0.15, 0.2) is 0 Å². The van der Waals surface area contributed by atoms with E-state index in [0.717, 1.165) is 9.76 Å². The Balaban J connectivity index is 2.83. The summed E-state index contributed by atoms with van der Waals surface area (Å²) in [5.74, 6) is -0.614. The van der Waals surface area contributed by atoms with E-state index in [1.54, 1.807) is 0 Å². The van der Waals surface area contributed by atoms with Gasteiger partial charge in [-0.1, -0.05) is 0 Å². The number of hydrogen-bond donors (Lipinski definition) is 1. The van der Waals surface area contributed by atoms with E-state index in [-0.39, 0.29) is 9.04 Å². The maximum Gasteiger partial charge on any atom is 0.299 e. The molecule has 0 aromatic carbocycles. The van der Waals surface area contributed by atoms with Gasteiger partial charge < -0.3 is 5.11 Å². The first-order chi connectivity index (χ1) is 2.77. The van der Waals surface area contributed by atoms with Crippen molar-refractivity contribution in [1.29, 1.82) is 0 Å². The first-order valence-electron chi connectivity index (χ1n) is 1.99. The van der Waals surface area contributed by atoms with Gasteiger partial charge in [-0.15, -0.1) is 0 Å². The second-order valence-electron chi connectivity index (χ2n) is 1.14. The number of hydrogen-bond acceptors (Lipinski definition) is 1. The van der Waals surface area contributed by atoms with Crippen molar-refractivity contribution in [2.75, 3.05) is 0 Å². The highest BCUT2D eigenvalue weighted by molar-refractivity contribution is 6.90. The lowest BCUT2D eigenvalue weighted by Crippen LogP contribution is -1.99. The predicted molar refractivity (Wildman–Crippen MR) is 30.9 cm³/mol. The minimum atomic E-state index is -0.614. The molecule has 2 nitrogen and oxygen atoms in total. The molecule has 0 radical (unpaired) electrons. The summed E-state index contributed by atoms with van der Waals surface area (Å²) in [6.07, 6.45) is 0. The third-order valence-corrected chi connectivity index (χ3v) is 2.89. The molecule has 0 aliphatic rings. The fourth-order valence-corrected chi connectivity index (χ4v) is 1.92. The fraction of sp³-hybridized carbons (Fsp3) is 0.500. The van der Waals surface area contributed by atoms with Gasteiger partial charge in [-0.3, -0.25) is 4.79 Å². The van der Waals surface area contributed by atoms with Crippen molar-refractivity contribution in [3.8, 4) is 0 Å². The fourth-order valence-electron chi connectivity index (χ4n) is 0.214. The number of carboxylic acids is 1. The van der Waals surface area contributed by atoms with E-state index in [1.165, 1.54) is 0 Å². The average molecular weight is 120 g/mol. The van der Waals surface area contributed by atoms with Crippen LogP contribution in [0.25, 0.3) is 0 Å². The first-order valence-corrected chi connectivity index (χ1v) is 8.65. The van der Waals surface area contributed by atoms with E-state index in [4.69, 9.17) is 5.11 Å². The van der Waals surface area contributed by atoms with E-state index >= 15 is 0 Å². The number of rotatable bonds is 2. The standard InChI is InChI=1S/C2H8O2Si2/c3-2(4)1-6-5/h1,6H2,5H3,(H,3,4). The average Bonchev–Trinajstić information content (AvgIpc) is 1.35. The van der Waals surface area contributed by atoms with Crippen LogP contribution in [-0.4, -0.2) is 29.9 Å². The molecule has 0 spiro atoms. The third-order valence-electron chi connectivity index (χ3n) is 0.464. The molecule has 0 aromatic heterocycles. The van der Waals surface area contributed by atoms with Gasteiger partial charge in [-0.25, -0.2) is 0 Å². The summed E-state index contributed by atoms with van der Waals surface area (Å²) in [7, 11) is 1.05. The molecule has 0 aliphatic carbocycles. The van der Waals surface area contributed by atoms with Crippen molar-refractivity contribution in [2.45, 2.75) is 6.04 Å². The van der Waals surface area contributed by atoms with Gasteiger partial charge in [0, 0.05) is 15.1 Å². The highest BCUT2D eigenvalue weighted by Gasteiger charge is 1.88. The Morgan fingerprint density at radius 1 is 2.00 bits per heavy atom. The molecule has 0 fully saturated rings. The highest BCUT2D eigenvalue weighted by Crippen LogP contribution is 1.69. The molecular formula is C2H8O2Si2. The van der Waals surface area contributed by atoms with Gasteiger partial charge in [0.1, 0.15) is 0 Å². The van der Waals surface area contributed by atoms with Crippen molar-refractivity contribution in [1.82, 2.24) is 0 Å². The van der Waals surface area contributed by atoms with Gasteiger partial charge in [-0.2, -0.15) is 0 Å². The maximum absolute atomic E-state index is 9.66. The molecule has 0 atom stereocenters. The summed E-state index contributed by atoms with van der Waals surface area (Å²) in [6.45, 7) is 0. The van der Waals surface area contributed by atoms with Crippen molar-refractivity contribution >= 4 is 24.8 Å². The molecule has 0 bridgehead atoms. The SMILES string of the molecule is O=C(O)C[SiH2][SiH3]. The third kappa shape index (κ3) is 3.90. The van der Waals surface area contributed by atoms with Crippen LogP contribution >= 0.6 is 0 Å². The molecule has 36 valence electrons. The van der Waals surface area contributed by atoms with Gasteiger partial charge in [0.05, 0.1) is 0 Å². The number of aliphatic carboxylic acids is 1. The van der Waals surface area contributed by atoms with Crippen LogP contribution in [0.15, 0.2) is 0 Å². The summed E-state index contributed by atoms with van der Waals surface area (Å²) in [4.78, 5) is 9.66. The number of carboxylic acid groups (broad SMARTS) is 1. The van der Waals surface area contributed by atoms with Crippen LogP contribution in [0.3, 0.4) is 0 Å². The van der Waals surface area contributed by atoms with Crippen LogP contribution in [0.4, 0.5) is 0 Å². The topological polar surface area (TPSA) is 37.3 Å².